The molecule has 42 heavy (non-hydrogen) atoms. The molecule has 2 aromatic carbocycles. The van der Waals surface area contributed by atoms with Gasteiger partial charge in [-0.1, -0.05) is 30.3 Å². The number of carbonyl (C=O) groups is 1. The molecule has 4 aromatic rings. The average molecular weight is 565 g/mol. The SMILES string of the molecule is N=C(c1ncc(N2CC[C@@H]3C(C2)[C@@]3(CCN)c2ccccc2F)nc1N)c1ccc(C(=O)NC2CC2)c2ncccc12. The number of aromatic nitrogens is 3. The molecule has 0 bridgehead atoms. The van der Waals surface area contributed by atoms with Crippen LogP contribution in [-0.2, 0) is 5.41 Å². The lowest BCUT2D eigenvalue weighted by atomic mass is 9.87. The van der Waals surface area contributed by atoms with Gasteiger partial charge in [0.1, 0.15) is 17.3 Å². The predicted octanol–water partition coefficient (Wildman–Crippen LogP) is 3.80. The Hall–Kier alpha value is -4.44. The first-order valence-electron chi connectivity index (χ1n) is 14.5. The number of carbonyl (C=O) groups excluding carboxylic acids is 1. The Morgan fingerprint density at radius 3 is 2.64 bits per heavy atom. The van der Waals surface area contributed by atoms with E-state index in [0.717, 1.165) is 37.8 Å². The van der Waals surface area contributed by atoms with E-state index in [0.29, 0.717) is 46.9 Å². The van der Waals surface area contributed by atoms with Crippen LogP contribution in [0.5, 0.6) is 0 Å². The molecule has 2 aromatic heterocycles. The molecule has 2 saturated carbocycles. The van der Waals surface area contributed by atoms with Crippen molar-refractivity contribution >= 4 is 34.2 Å². The Morgan fingerprint density at radius 1 is 1.07 bits per heavy atom. The number of halogens is 1. The number of amides is 1. The number of pyridine rings is 1. The fourth-order valence-corrected chi connectivity index (χ4v) is 7.10. The number of benzene rings is 2. The van der Waals surface area contributed by atoms with Crippen LogP contribution in [0.25, 0.3) is 10.9 Å². The number of nitrogen functional groups attached to an aromatic ring is 1. The van der Waals surface area contributed by atoms with E-state index >= 15 is 0 Å². The van der Waals surface area contributed by atoms with E-state index in [1.54, 1.807) is 36.7 Å². The number of nitrogens with two attached hydrogens (primary N) is 2. The standard InChI is InChI=1S/C32H33FN8O/c33-25-6-2-1-5-23(25)32(12-13-34)22-11-15-41(17-24(22)32)26-16-38-29(30(36)40-26)27(35)19-9-10-21(31(42)39-18-7-8-18)28-20(19)4-3-14-37-28/h1-6,9-10,14,16,18,22,24,35H,7-8,11-13,15,17,34H2,(H2,36,40)(H,39,42)/t22-,24?,32-/m1/s1. The third-order valence-corrected chi connectivity index (χ3v) is 9.30. The van der Waals surface area contributed by atoms with Crippen LogP contribution in [0, 0.1) is 23.1 Å². The normalized spacial score (nSPS) is 23.0. The second kappa shape index (κ2) is 10.1. The monoisotopic (exact) mass is 564 g/mol. The molecule has 1 saturated heterocycles. The number of hydrogen-bond acceptors (Lipinski definition) is 8. The van der Waals surface area contributed by atoms with Crippen molar-refractivity contribution in [3.63, 3.8) is 0 Å². The van der Waals surface area contributed by atoms with E-state index in [9.17, 15) is 9.18 Å². The maximum Gasteiger partial charge on any atom is 0.253 e. The van der Waals surface area contributed by atoms with Crippen molar-refractivity contribution in [2.45, 2.75) is 37.1 Å². The molecule has 0 spiro atoms. The first-order valence-corrected chi connectivity index (χ1v) is 14.5. The zero-order valence-electron chi connectivity index (χ0n) is 23.2. The molecule has 10 heteroatoms. The molecule has 3 heterocycles. The molecular formula is C32H33FN8O. The minimum Gasteiger partial charge on any atom is -0.382 e. The van der Waals surface area contributed by atoms with Gasteiger partial charge in [-0.3, -0.25) is 15.2 Å². The molecule has 3 atom stereocenters. The predicted molar refractivity (Wildman–Crippen MR) is 160 cm³/mol. The van der Waals surface area contributed by atoms with Crippen molar-refractivity contribution in [3.05, 3.63) is 89.1 Å². The van der Waals surface area contributed by atoms with Crippen LogP contribution in [0.2, 0.25) is 0 Å². The molecule has 3 fully saturated rings. The number of rotatable bonds is 8. The van der Waals surface area contributed by atoms with Crippen molar-refractivity contribution in [3.8, 4) is 0 Å². The van der Waals surface area contributed by atoms with Crippen molar-refractivity contribution in [1.29, 1.82) is 5.41 Å². The number of hydrogen-bond donors (Lipinski definition) is 4. The molecule has 9 nitrogen and oxygen atoms in total. The van der Waals surface area contributed by atoms with Crippen LogP contribution < -0.4 is 21.7 Å². The van der Waals surface area contributed by atoms with Gasteiger partial charge in [0.05, 0.1) is 23.0 Å². The molecule has 0 radical (unpaired) electrons. The molecule has 1 aliphatic heterocycles. The maximum absolute atomic E-state index is 14.9. The number of fused-ring (bicyclic) bond motifs is 2. The number of anilines is 2. The van der Waals surface area contributed by atoms with Crippen molar-refractivity contribution in [2.24, 2.45) is 17.6 Å². The molecule has 3 aliphatic rings. The molecule has 1 unspecified atom stereocenters. The first-order chi connectivity index (χ1) is 20.4. The summed E-state index contributed by atoms with van der Waals surface area (Å²) >= 11 is 0. The van der Waals surface area contributed by atoms with Gasteiger partial charge in [-0.05, 0) is 67.8 Å². The Bertz CT molecular complexity index is 1720. The molecule has 2 aliphatic carbocycles. The van der Waals surface area contributed by atoms with Gasteiger partial charge < -0.3 is 21.7 Å². The molecule has 7 rings (SSSR count). The van der Waals surface area contributed by atoms with Gasteiger partial charge in [0.2, 0.25) is 0 Å². The highest BCUT2D eigenvalue weighted by Gasteiger charge is 2.66. The van der Waals surface area contributed by atoms with Gasteiger partial charge in [-0.15, -0.1) is 0 Å². The summed E-state index contributed by atoms with van der Waals surface area (Å²) in [6.07, 6.45) is 6.93. The van der Waals surface area contributed by atoms with Gasteiger partial charge in [-0.2, -0.15) is 0 Å². The van der Waals surface area contributed by atoms with Gasteiger partial charge >= 0.3 is 0 Å². The minimum atomic E-state index is -0.257. The average Bonchev–Trinajstić information content (AvgIpc) is 3.93. The van der Waals surface area contributed by atoms with Crippen LogP contribution in [0.1, 0.15) is 52.9 Å². The highest BCUT2D eigenvalue weighted by atomic mass is 19.1. The molecule has 1 amide bonds. The summed E-state index contributed by atoms with van der Waals surface area (Å²) < 4.78 is 14.9. The van der Waals surface area contributed by atoms with E-state index in [4.69, 9.17) is 16.9 Å². The molecule has 214 valence electrons. The summed E-state index contributed by atoms with van der Waals surface area (Å²) in [4.78, 5) is 28.7. The topological polar surface area (TPSA) is 147 Å². The van der Waals surface area contributed by atoms with Gasteiger partial charge in [-0.25, -0.2) is 14.4 Å². The van der Waals surface area contributed by atoms with Crippen LogP contribution in [0.4, 0.5) is 16.0 Å². The van der Waals surface area contributed by atoms with Crippen LogP contribution in [-0.4, -0.2) is 52.2 Å². The summed E-state index contributed by atoms with van der Waals surface area (Å²) in [5.41, 5.74) is 14.9. The Morgan fingerprint density at radius 2 is 1.88 bits per heavy atom. The minimum absolute atomic E-state index is 0.112. The van der Waals surface area contributed by atoms with Gasteiger partial charge in [0.25, 0.3) is 5.91 Å². The lowest BCUT2D eigenvalue weighted by molar-refractivity contribution is 0.0952. The summed E-state index contributed by atoms with van der Waals surface area (Å²) in [6, 6.07) is 14.4. The second-order valence-electron chi connectivity index (χ2n) is 11.7. The van der Waals surface area contributed by atoms with Crippen molar-refractivity contribution < 1.29 is 9.18 Å². The zero-order chi connectivity index (χ0) is 29.0. The number of nitrogens with one attached hydrogen (secondary N) is 2. The Labute approximate surface area is 243 Å². The highest BCUT2D eigenvalue weighted by Crippen LogP contribution is 2.65. The Kier molecular flexibility index (Phi) is 6.38. The third-order valence-electron chi connectivity index (χ3n) is 9.30. The van der Waals surface area contributed by atoms with Crippen LogP contribution >= 0.6 is 0 Å². The molecule has 6 N–H and O–H groups in total. The van der Waals surface area contributed by atoms with Crippen molar-refractivity contribution in [2.75, 3.05) is 30.3 Å². The summed E-state index contributed by atoms with van der Waals surface area (Å²) in [5, 5.41) is 12.7. The second-order valence-corrected chi connectivity index (χ2v) is 11.7. The van der Waals surface area contributed by atoms with E-state index in [2.05, 4.69) is 25.2 Å². The number of nitrogens with zero attached hydrogens (tertiary/aromatic N) is 4. The summed E-state index contributed by atoms with van der Waals surface area (Å²) in [6.45, 7) is 1.97. The summed E-state index contributed by atoms with van der Waals surface area (Å²) in [5.74, 6) is 1.12. The van der Waals surface area contributed by atoms with Gasteiger partial charge in [0.15, 0.2) is 5.82 Å². The van der Waals surface area contributed by atoms with E-state index in [1.165, 1.54) is 6.07 Å². The first kappa shape index (κ1) is 26.5. The Balaban J connectivity index is 1.14. The fraction of sp³-hybridized carbons (Fsp3) is 0.344. The summed E-state index contributed by atoms with van der Waals surface area (Å²) in [7, 11) is 0. The van der Waals surface area contributed by atoms with E-state index < -0.39 is 0 Å². The largest absolute Gasteiger partial charge is 0.382 e. The van der Waals surface area contributed by atoms with Crippen LogP contribution in [0.3, 0.4) is 0 Å². The van der Waals surface area contributed by atoms with E-state index in [1.807, 2.05) is 18.2 Å². The highest BCUT2D eigenvalue weighted by molar-refractivity contribution is 6.20. The smallest absolute Gasteiger partial charge is 0.253 e. The lowest BCUT2D eigenvalue weighted by Gasteiger charge is -2.27. The quantitative estimate of drug-likeness (QED) is 0.238. The lowest BCUT2D eigenvalue weighted by Crippen LogP contribution is -2.32. The van der Waals surface area contributed by atoms with Gasteiger partial charge in [0, 0.05) is 41.7 Å². The van der Waals surface area contributed by atoms with Crippen molar-refractivity contribution in [1.82, 2.24) is 20.3 Å². The van der Waals surface area contributed by atoms with E-state index in [-0.39, 0.29) is 46.3 Å². The number of piperidine rings is 1. The fourth-order valence-electron chi connectivity index (χ4n) is 7.10. The zero-order valence-corrected chi connectivity index (χ0v) is 23.2. The molecular weight excluding hydrogens is 531 g/mol. The third kappa shape index (κ3) is 4.28. The van der Waals surface area contributed by atoms with Crippen LogP contribution in [0.15, 0.2) is 60.9 Å². The maximum atomic E-state index is 14.9.